The van der Waals surface area contributed by atoms with Crippen LogP contribution in [0.5, 0.6) is 0 Å². The third-order valence-electron chi connectivity index (χ3n) is 7.01. The van der Waals surface area contributed by atoms with E-state index >= 15 is 0 Å². The second kappa shape index (κ2) is 9.09. The van der Waals surface area contributed by atoms with Crippen molar-refractivity contribution >= 4 is 33.7 Å². The summed E-state index contributed by atoms with van der Waals surface area (Å²) in [4.78, 5) is 20.4. The number of hydrogen-bond acceptors (Lipinski definition) is 8. The molecule has 10 heteroatoms. The van der Waals surface area contributed by atoms with Crippen molar-refractivity contribution in [3.8, 4) is 0 Å². The highest BCUT2D eigenvalue weighted by atomic mass is 15.5. The monoisotopic (exact) mass is 476 g/mol. The van der Waals surface area contributed by atoms with Crippen LogP contribution in [-0.2, 0) is 6.54 Å². The number of hydrazine groups is 1. The fourth-order valence-corrected chi connectivity index (χ4v) is 5.04. The number of nitrogens with two attached hydrogens (primary N) is 1. The molecule has 4 aromatic rings. The Hall–Kier alpha value is -3.24. The van der Waals surface area contributed by atoms with Gasteiger partial charge in [0.15, 0.2) is 5.82 Å². The molecular formula is C25H36N10. The van der Waals surface area contributed by atoms with E-state index in [-0.39, 0.29) is 0 Å². The van der Waals surface area contributed by atoms with E-state index in [1.165, 1.54) is 17.5 Å². The van der Waals surface area contributed by atoms with E-state index in [4.69, 9.17) is 5.73 Å². The number of likely N-dealkylation sites (tertiary alicyclic amines) is 1. The Labute approximate surface area is 206 Å². The minimum atomic E-state index is 0.339. The summed E-state index contributed by atoms with van der Waals surface area (Å²) in [6.07, 6.45) is 7.63. The fourth-order valence-electron chi connectivity index (χ4n) is 5.04. The number of nitrogens with zero attached hydrogens (tertiary/aromatic N) is 8. The Kier molecular flexibility index (Phi) is 6.10. The standard InChI is InChI=1S/C25H36N10/c1-15(2)18-11-34(24-20(18)22(26)27-13-29-24)8-7-33(6)31-23-21-19(16(3)4)12-35(17-9-32(5)10-17)25(21)30-14-28-23/h11-17H,7-10H2,1-6H3,(H2,26,27,29)(H,28,30,31). The predicted molar refractivity (Wildman–Crippen MR) is 140 cm³/mol. The molecule has 4 aromatic heterocycles. The molecule has 5 heterocycles. The molecule has 3 N–H and O–H groups in total. The van der Waals surface area contributed by atoms with Gasteiger partial charge in [0.05, 0.1) is 16.8 Å². The van der Waals surface area contributed by atoms with Gasteiger partial charge in [-0.3, -0.25) is 0 Å². The number of hydrogen-bond donors (Lipinski definition) is 2. The van der Waals surface area contributed by atoms with Crippen LogP contribution in [-0.4, -0.2) is 72.7 Å². The number of fused-ring (bicyclic) bond motifs is 2. The molecule has 1 aliphatic heterocycles. The van der Waals surface area contributed by atoms with Crippen molar-refractivity contribution < 1.29 is 0 Å². The van der Waals surface area contributed by atoms with Crippen LogP contribution >= 0.6 is 0 Å². The lowest BCUT2D eigenvalue weighted by Crippen LogP contribution is -2.44. The average Bonchev–Trinajstić information content (AvgIpc) is 3.36. The number of likely N-dealkylation sites (N-methyl/N-ethyl adjacent to an activating group) is 2. The van der Waals surface area contributed by atoms with Crippen molar-refractivity contribution in [1.82, 2.24) is 39.0 Å². The Morgan fingerprint density at radius 3 is 2.31 bits per heavy atom. The molecule has 186 valence electrons. The maximum absolute atomic E-state index is 6.20. The molecule has 0 aromatic carbocycles. The molecule has 10 nitrogen and oxygen atoms in total. The maximum Gasteiger partial charge on any atom is 0.153 e. The van der Waals surface area contributed by atoms with Gasteiger partial charge in [-0.2, -0.15) is 0 Å². The first kappa shape index (κ1) is 23.5. The van der Waals surface area contributed by atoms with Crippen LogP contribution in [0.3, 0.4) is 0 Å². The van der Waals surface area contributed by atoms with E-state index in [2.05, 4.69) is 91.5 Å². The van der Waals surface area contributed by atoms with E-state index in [1.54, 1.807) is 6.33 Å². The van der Waals surface area contributed by atoms with Crippen LogP contribution in [0.1, 0.15) is 56.7 Å². The van der Waals surface area contributed by atoms with Gasteiger partial charge in [0.1, 0.15) is 29.8 Å². The first-order chi connectivity index (χ1) is 16.7. The van der Waals surface area contributed by atoms with Crippen LogP contribution in [0, 0.1) is 0 Å². The summed E-state index contributed by atoms with van der Waals surface area (Å²) in [5.41, 5.74) is 14.1. The van der Waals surface area contributed by atoms with Gasteiger partial charge in [0.25, 0.3) is 0 Å². The van der Waals surface area contributed by atoms with Gasteiger partial charge in [-0.1, -0.05) is 27.7 Å². The minimum Gasteiger partial charge on any atom is -0.383 e. The lowest BCUT2D eigenvalue weighted by molar-refractivity contribution is 0.143. The zero-order valence-electron chi connectivity index (χ0n) is 21.5. The van der Waals surface area contributed by atoms with Gasteiger partial charge in [0.2, 0.25) is 0 Å². The summed E-state index contributed by atoms with van der Waals surface area (Å²) in [7, 11) is 4.19. The molecule has 5 rings (SSSR count). The van der Waals surface area contributed by atoms with Crippen LogP contribution < -0.4 is 11.2 Å². The van der Waals surface area contributed by atoms with E-state index in [0.29, 0.717) is 23.7 Å². The highest BCUT2D eigenvalue weighted by molar-refractivity contribution is 5.91. The molecule has 35 heavy (non-hydrogen) atoms. The van der Waals surface area contributed by atoms with Gasteiger partial charge >= 0.3 is 0 Å². The predicted octanol–water partition coefficient (Wildman–Crippen LogP) is 3.45. The zero-order chi connectivity index (χ0) is 24.9. The quantitative estimate of drug-likeness (QED) is 0.373. The third kappa shape index (κ3) is 4.21. The first-order valence-electron chi connectivity index (χ1n) is 12.4. The first-order valence-corrected chi connectivity index (χ1v) is 12.4. The minimum absolute atomic E-state index is 0.339. The van der Waals surface area contributed by atoms with Gasteiger partial charge in [-0.05, 0) is 30.0 Å². The highest BCUT2D eigenvalue weighted by Gasteiger charge is 2.28. The van der Waals surface area contributed by atoms with E-state index in [0.717, 1.165) is 54.1 Å². The topological polar surface area (TPSA) is 106 Å². The van der Waals surface area contributed by atoms with Gasteiger partial charge in [-0.25, -0.2) is 24.9 Å². The molecule has 0 amide bonds. The van der Waals surface area contributed by atoms with Crippen molar-refractivity contribution in [2.24, 2.45) is 0 Å². The largest absolute Gasteiger partial charge is 0.383 e. The van der Waals surface area contributed by atoms with E-state index in [9.17, 15) is 0 Å². The lowest BCUT2D eigenvalue weighted by atomic mass is 10.0. The van der Waals surface area contributed by atoms with Gasteiger partial charge in [-0.15, -0.1) is 0 Å². The molecule has 0 radical (unpaired) electrons. The van der Waals surface area contributed by atoms with E-state index in [1.807, 2.05) is 7.05 Å². The van der Waals surface area contributed by atoms with Gasteiger partial charge < -0.3 is 25.2 Å². The second-order valence-electron chi connectivity index (χ2n) is 10.4. The van der Waals surface area contributed by atoms with Crippen LogP contribution in [0.2, 0.25) is 0 Å². The van der Waals surface area contributed by atoms with Crippen molar-refractivity contribution in [3.63, 3.8) is 0 Å². The Morgan fingerprint density at radius 2 is 1.63 bits per heavy atom. The van der Waals surface area contributed by atoms with Crippen molar-refractivity contribution in [1.29, 1.82) is 0 Å². The van der Waals surface area contributed by atoms with Crippen LogP contribution in [0.25, 0.3) is 22.1 Å². The zero-order valence-corrected chi connectivity index (χ0v) is 21.5. The summed E-state index contributed by atoms with van der Waals surface area (Å²) in [5, 5.41) is 4.14. The maximum atomic E-state index is 6.20. The number of aromatic nitrogens is 6. The Bertz CT molecular complexity index is 1350. The smallest absolute Gasteiger partial charge is 0.153 e. The second-order valence-corrected chi connectivity index (χ2v) is 10.4. The fraction of sp³-hybridized carbons (Fsp3) is 0.520. The number of anilines is 2. The average molecular weight is 477 g/mol. The summed E-state index contributed by atoms with van der Waals surface area (Å²) >= 11 is 0. The number of nitrogen functional groups attached to an aromatic ring is 1. The molecule has 1 saturated heterocycles. The summed E-state index contributed by atoms with van der Waals surface area (Å²) in [6.45, 7) is 12.4. The molecule has 0 spiro atoms. The number of nitrogens with one attached hydrogen (secondary N) is 1. The normalized spacial score (nSPS) is 15.2. The molecule has 1 fully saturated rings. The Balaban J connectivity index is 1.39. The molecule has 1 aliphatic rings. The van der Waals surface area contributed by atoms with E-state index < -0.39 is 0 Å². The molecule has 0 aliphatic carbocycles. The number of rotatable bonds is 8. The summed E-state index contributed by atoms with van der Waals surface area (Å²) in [5.74, 6) is 2.10. The molecule has 0 atom stereocenters. The molecule has 0 unspecified atom stereocenters. The molecule has 0 bridgehead atoms. The van der Waals surface area contributed by atoms with Crippen molar-refractivity contribution in [2.45, 2.75) is 52.1 Å². The molecule has 0 saturated carbocycles. The van der Waals surface area contributed by atoms with Crippen molar-refractivity contribution in [3.05, 3.63) is 36.2 Å². The van der Waals surface area contributed by atoms with Gasteiger partial charge in [0, 0.05) is 45.6 Å². The van der Waals surface area contributed by atoms with Crippen LogP contribution in [0.15, 0.2) is 25.0 Å². The SMILES string of the molecule is CC(C)c1cn(CCN(C)Nc2ncnc3c2c(C(C)C)cn3C2CN(C)C2)c2ncnc(N)c12. The summed E-state index contributed by atoms with van der Waals surface area (Å²) < 4.78 is 4.50. The Morgan fingerprint density at radius 1 is 0.971 bits per heavy atom. The summed E-state index contributed by atoms with van der Waals surface area (Å²) in [6, 6.07) is 0.460. The van der Waals surface area contributed by atoms with Crippen LogP contribution in [0.4, 0.5) is 11.6 Å². The lowest BCUT2D eigenvalue weighted by Gasteiger charge is -2.37. The molecular weight excluding hydrogens is 440 g/mol. The van der Waals surface area contributed by atoms with Crippen molar-refractivity contribution in [2.75, 3.05) is 44.9 Å². The third-order valence-corrected chi connectivity index (χ3v) is 7.01. The highest BCUT2D eigenvalue weighted by Crippen LogP contribution is 2.35.